The molecule has 11 nitrogen and oxygen atoms in total. The zero-order valence-corrected chi connectivity index (χ0v) is 22.3. The minimum absolute atomic E-state index is 0.161. The van der Waals surface area contributed by atoms with Crippen molar-refractivity contribution in [2.75, 3.05) is 24.5 Å². The van der Waals surface area contributed by atoms with Crippen molar-refractivity contribution in [1.82, 2.24) is 25.3 Å². The molecule has 37 heavy (non-hydrogen) atoms. The predicted octanol–water partition coefficient (Wildman–Crippen LogP) is 3.59. The summed E-state index contributed by atoms with van der Waals surface area (Å²) in [7, 11) is -3.49. The van der Waals surface area contributed by atoms with E-state index in [0.29, 0.717) is 53.9 Å². The highest BCUT2D eigenvalue weighted by Gasteiger charge is 2.29. The van der Waals surface area contributed by atoms with Crippen LogP contribution >= 0.6 is 11.3 Å². The van der Waals surface area contributed by atoms with Crippen LogP contribution in [0, 0.1) is 0 Å². The van der Waals surface area contributed by atoms with E-state index < -0.39 is 22.0 Å². The Morgan fingerprint density at radius 2 is 1.97 bits per heavy atom. The first-order valence-electron chi connectivity index (χ1n) is 12.2. The van der Waals surface area contributed by atoms with Gasteiger partial charge in [-0.05, 0) is 38.8 Å². The van der Waals surface area contributed by atoms with Crippen LogP contribution in [-0.4, -0.2) is 59.3 Å². The Hall–Kier alpha value is -3.16. The van der Waals surface area contributed by atoms with Crippen molar-refractivity contribution in [2.45, 2.75) is 50.8 Å². The van der Waals surface area contributed by atoms with Crippen LogP contribution < -0.4 is 14.8 Å². The fraction of sp³-hybridized carbons (Fsp3) is 0.458. The average Bonchev–Trinajstić information content (AvgIpc) is 3.60. The maximum absolute atomic E-state index is 13.1. The van der Waals surface area contributed by atoms with E-state index in [9.17, 15) is 13.2 Å². The number of amides is 1. The van der Waals surface area contributed by atoms with Gasteiger partial charge >= 0.3 is 0 Å². The third-order valence-electron chi connectivity index (χ3n) is 5.79. The summed E-state index contributed by atoms with van der Waals surface area (Å²) < 4.78 is 39.1. The molecule has 3 aromatic rings. The van der Waals surface area contributed by atoms with Gasteiger partial charge in [-0.25, -0.2) is 18.4 Å². The summed E-state index contributed by atoms with van der Waals surface area (Å²) in [5, 5.41) is 2.76. The average molecular weight is 547 g/mol. The van der Waals surface area contributed by atoms with Crippen molar-refractivity contribution >= 4 is 33.0 Å². The molecule has 0 saturated heterocycles. The Morgan fingerprint density at radius 3 is 2.73 bits per heavy atom. The summed E-state index contributed by atoms with van der Waals surface area (Å²) >= 11 is 1.17. The number of thiazole rings is 1. The van der Waals surface area contributed by atoms with Gasteiger partial charge in [0.2, 0.25) is 15.9 Å². The second-order valence-corrected chi connectivity index (χ2v) is 11.4. The molecular formula is C24H30N6O5S2. The molecule has 1 saturated carbocycles. The molecule has 13 heteroatoms. The third kappa shape index (κ3) is 6.99. The van der Waals surface area contributed by atoms with Crippen molar-refractivity contribution in [3.8, 4) is 16.5 Å². The van der Waals surface area contributed by atoms with Crippen LogP contribution in [0.2, 0.25) is 0 Å². The molecule has 0 unspecified atom stereocenters. The molecule has 1 atom stereocenters. The molecule has 3 heterocycles. The lowest BCUT2D eigenvalue weighted by Gasteiger charge is -2.19. The van der Waals surface area contributed by atoms with E-state index in [2.05, 4.69) is 30.0 Å². The minimum atomic E-state index is -3.49. The van der Waals surface area contributed by atoms with Gasteiger partial charge in [0.25, 0.3) is 5.91 Å². The normalized spacial score (nSPS) is 14.9. The van der Waals surface area contributed by atoms with Crippen molar-refractivity contribution in [3.05, 3.63) is 47.6 Å². The summed E-state index contributed by atoms with van der Waals surface area (Å²) in [6, 6.07) is 2.61. The summed E-state index contributed by atoms with van der Waals surface area (Å²) in [6.45, 7) is 4.78. The molecule has 1 fully saturated rings. The molecule has 0 radical (unpaired) electrons. The zero-order valence-electron chi connectivity index (χ0n) is 20.7. The molecule has 1 aliphatic carbocycles. The van der Waals surface area contributed by atoms with Crippen LogP contribution in [0.4, 0.5) is 5.69 Å². The van der Waals surface area contributed by atoms with Gasteiger partial charge in [-0.15, -0.1) is 11.3 Å². The monoisotopic (exact) mass is 546 g/mol. The number of rotatable bonds is 12. The summed E-state index contributed by atoms with van der Waals surface area (Å²) in [4.78, 5) is 30.9. The number of nitrogens with one attached hydrogen (secondary N) is 2. The first-order chi connectivity index (χ1) is 17.9. The minimum Gasteiger partial charge on any atom is -0.477 e. The highest BCUT2D eigenvalue weighted by atomic mass is 32.2. The van der Waals surface area contributed by atoms with Gasteiger partial charge in [0.15, 0.2) is 5.01 Å². The SMILES string of the molecule is CCOC[C@H](NC(=O)c1ncc(-c2cncc(OCC)n2)s1)c1cc(NS(=O)(=O)C2CCCC2)ccn1. The number of aromatic nitrogens is 4. The smallest absolute Gasteiger partial charge is 0.280 e. The molecule has 0 bridgehead atoms. The maximum atomic E-state index is 13.1. The Balaban J connectivity index is 1.49. The van der Waals surface area contributed by atoms with Gasteiger partial charge in [0.05, 0.1) is 53.2 Å². The first-order valence-corrected chi connectivity index (χ1v) is 14.5. The van der Waals surface area contributed by atoms with E-state index >= 15 is 0 Å². The lowest BCUT2D eigenvalue weighted by Crippen LogP contribution is -2.32. The molecular weight excluding hydrogens is 516 g/mol. The molecule has 0 aromatic carbocycles. The number of hydrogen-bond donors (Lipinski definition) is 2. The van der Waals surface area contributed by atoms with E-state index in [-0.39, 0.29) is 16.9 Å². The van der Waals surface area contributed by atoms with Gasteiger partial charge in [-0.3, -0.25) is 19.5 Å². The highest BCUT2D eigenvalue weighted by Crippen LogP contribution is 2.28. The number of carbonyl (C=O) groups is 1. The van der Waals surface area contributed by atoms with Crippen LogP contribution in [0.15, 0.2) is 36.9 Å². The number of anilines is 1. The van der Waals surface area contributed by atoms with Crippen molar-refractivity contribution in [2.24, 2.45) is 0 Å². The fourth-order valence-corrected chi connectivity index (χ4v) is 6.34. The number of nitrogens with zero attached hydrogens (tertiary/aromatic N) is 4. The van der Waals surface area contributed by atoms with Crippen LogP contribution in [0.25, 0.3) is 10.6 Å². The summed E-state index contributed by atoms with van der Waals surface area (Å²) in [5.41, 5.74) is 1.43. The lowest BCUT2D eigenvalue weighted by molar-refractivity contribution is 0.0853. The van der Waals surface area contributed by atoms with E-state index in [1.807, 2.05) is 13.8 Å². The van der Waals surface area contributed by atoms with Gasteiger partial charge in [0.1, 0.15) is 5.69 Å². The second kappa shape index (κ2) is 12.4. The van der Waals surface area contributed by atoms with E-state index in [1.54, 1.807) is 24.5 Å². The number of hydrogen-bond acceptors (Lipinski definition) is 10. The quantitative estimate of drug-likeness (QED) is 0.348. The Kier molecular flexibility index (Phi) is 9.00. The van der Waals surface area contributed by atoms with Crippen molar-refractivity contribution < 1.29 is 22.7 Å². The fourth-order valence-electron chi connectivity index (χ4n) is 3.99. The number of carbonyl (C=O) groups excluding carboxylic acids is 1. The van der Waals surface area contributed by atoms with E-state index in [4.69, 9.17) is 9.47 Å². The van der Waals surface area contributed by atoms with Crippen LogP contribution in [-0.2, 0) is 14.8 Å². The van der Waals surface area contributed by atoms with Crippen molar-refractivity contribution in [1.29, 1.82) is 0 Å². The molecule has 198 valence electrons. The number of sulfonamides is 1. The van der Waals surface area contributed by atoms with Crippen LogP contribution in [0.5, 0.6) is 5.88 Å². The molecule has 2 N–H and O–H groups in total. The topological polar surface area (TPSA) is 145 Å². The Labute approximate surface area is 220 Å². The van der Waals surface area contributed by atoms with E-state index in [0.717, 1.165) is 12.8 Å². The molecule has 1 aliphatic rings. The van der Waals surface area contributed by atoms with Gasteiger partial charge in [0, 0.05) is 19.0 Å². The van der Waals surface area contributed by atoms with Crippen LogP contribution in [0.1, 0.15) is 61.1 Å². The maximum Gasteiger partial charge on any atom is 0.280 e. The highest BCUT2D eigenvalue weighted by molar-refractivity contribution is 7.93. The van der Waals surface area contributed by atoms with Gasteiger partial charge in [-0.1, -0.05) is 12.8 Å². The zero-order chi connectivity index (χ0) is 26.3. The second-order valence-electron chi connectivity index (χ2n) is 8.41. The number of ether oxygens (including phenoxy) is 2. The Bertz CT molecular complexity index is 1310. The van der Waals surface area contributed by atoms with Crippen LogP contribution in [0.3, 0.4) is 0 Å². The van der Waals surface area contributed by atoms with Crippen molar-refractivity contribution in [3.63, 3.8) is 0 Å². The molecule has 3 aromatic heterocycles. The largest absolute Gasteiger partial charge is 0.477 e. The predicted molar refractivity (Wildman–Crippen MR) is 140 cm³/mol. The molecule has 0 aliphatic heterocycles. The molecule has 1 amide bonds. The summed E-state index contributed by atoms with van der Waals surface area (Å²) in [5.74, 6) is -0.0145. The summed E-state index contributed by atoms with van der Waals surface area (Å²) in [6.07, 6.45) is 9.33. The first kappa shape index (κ1) is 26.9. The van der Waals surface area contributed by atoms with E-state index in [1.165, 1.54) is 23.7 Å². The molecule has 4 rings (SSSR count). The Morgan fingerprint density at radius 1 is 1.16 bits per heavy atom. The molecule has 0 spiro atoms. The number of pyridine rings is 1. The van der Waals surface area contributed by atoms with Gasteiger partial charge in [-0.2, -0.15) is 0 Å². The third-order valence-corrected chi connectivity index (χ3v) is 8.68. The van der Waals surface area contributed by atoms with Gasteiger partial charge < -0.3 is 14.8 Å². The standard InChI is InChI=1S/C24H30N6O5S2/c1-3-34-15-20(18-11-16(9-10-26-18)30-37(32,33)17-7-5-6-8-17)29-23(31)24-27-13-21(36-24)19-12-25-14-22(28-19)35-4-2/h9-14,17,20H,3-8,15H2,1-2H3,(H,26,30)(H,29,31)/t20-/m0/s1. The lowest BCUT2D eigenvalue weighted by atomic mass is 10.2.